The van der Waals surface area contributed by atoms with Crippen LogP contribution in [-0.4, -0.2) is 87.5 Å². The number of unbranched alkanes of at least 4 members (excludes halogenated alkanes) is 22. The van der Waals surface area contributed by atoms with Crippen LogP contribution in [0.1, 0.15) is 181 Å². The van der Waals surface area contributed by atoms with Crippen LogP contribution < -0.4 is 5.32 Å². The Morgan fingerprint density at radius 2 is 1.09 bits per heavy atom. The second-order valence-corrected chi connectivity index (χ2v) is 15.2. The van der Waals surface area contributed by atoms with Gasteiger partial charge in [0.1, 0.15) is 24.4 Å². The normalized spacial score (nSPS) is 22.0. The van der Waals surface area contributed by atoms with Crippen molar-refractivity contribution in [3.63, 3.8) is 0 Å². The molecule has 1 amide bonds. The van der Waals surface area contributed by atoms with Crippen LogP contribution in [0.4, 0.5) is 0 Å². The SMILES string of the molecule is CCCCC/C=C\C=C/CCCCCCCCC(=O)NC(COC1OC(CO)C(O)C(O)C1O)C(O)/C=C/CCCCCCCCCCCCCCC. The van der Waals surface area contributed by atoms with Crippen molar-refractivity contribution in [2.24, 2.45) is 0 Å². The predicted octanol–water partition coefficient (Wildman–Crippen LogP) is 8.50. The molecule has 1 fully saturated rings. The third-order valence-corrected chi connectivity index (χ3v) is 10.2. The molecule has 0 spiro atoms. The van der Waals surface area contributed by atoms with Gasteiger partial charge in [0, 0.05) is 6.42 Å². The van der Waals surface area contributed by atoms with Crippen LogP contribution in [0.3, 0.4) is 0 Å². The summed E-state index contributed by atoms with van der Waals surface area (Å²) in [6.45, 7) is 3.72. The fraction of sp³-hybridized carbons (Fsp3) is 0.841. The number of hydrogen-bond acceptors (Lipinski definition) is 8. The molecule has 1 saturated heterocycles. The molecular formula is C44H81NO8. The van der Waals surface area contributed by atoms with Gasteiger partial charge in [-0.1, -0.05) is 166 Å². The van der Waals surface area contributed by atoms with E-state index >= 15 is 0 Å². The van der Waals surface area contributed by atoms with Gasteiger partial charge in [-0.3, -0.25) is 4.79 Å². The van der Waals surface area contributed by atoms with E-state index in [-0.39, 0.29) is 12.5 Å². The minimum Gasteiger partial charge on any atom is -0.394 e. The fourth-order valence-electron chi connectivity index (χ4n) is 6.67. The number of rotatable bonds is 35. The number of hydrogen-bond donors (Lipinski definition) is 6. The third-order valence-electron chi connectivity index (χ3n) is 10.2. The van der Waals surface area contributed by atoms with E-state index in [0.717, 1.165) is 57.8 Å². The molecule has 1 aliphatic heterocycles. The first-order valence-corrected chi connectivity index (χ1v) is 21.7. The second-order valence-electron chi connectivity index (χ2n) is 15.2. The van der Waals surface area contributed by atoms with E-state index in [9.17, 15) is 30.3 Å². The summed E-state index contributed by atoms with van der Waals surface area (Å²) in [7, 11) is 0. The highest BCUT2D eigenvalue weighted by molar-refractivity contribution is 5.76. The summed E-state index contributed by atoms with van der Waals surface area (Å²) in [6, 6.07) is -0.808. The zero-order chi connectivity index (χ0) is 38.8. The Hall–Kier alpha value is -1.59. The quantitative estimate of drug-likeness (QED) is 0.0215. The van der Waals surface area contributed by atoms with E-state index in [0.29, 0.717) is 6.42 Å². The van der Waals surface area contributed by atoms with Gasteiger partial charge >= 0.3 is 0 Å². The van der Waals surface area contributed by atoms with Crippen LogP contribution in [-0.2, 0) is 14.3 Å². The summed E-state index contributed by atoms with van der Waals surface area (Å²) < 4.78 is 11.2. The van der Waals surface area contributed by atoms with Crippen LogP contribution in [0.2, 0.25) is 0 Å². The maximum Gasteiger partial charge on any atom is 0.220 e. The van der Waals surface area contributed by atoms with Gasteiger partial charge in [0.05, 0.1) is 25.4 Å². The van der Waals surface area contributed by atoms with E-state index in [4.69, 9.17) is 9.47 Å². The molecule has 310 valence electrons. The molecule has 0 aromatic carbocycles. The van der Waals surface area contributed by atoms with Gasteiger partial charge in [0.15, 0.2) is 6.29 Å². The lowest BCUT2D eigenvalue weighted by Crippen LogP contribution is -2.60. The Kier molecular flexibility index (Phi) is 32.5. The monoisotopic (exact) mass is 752 g/mol. The second kappa shape index (κ2) is 34.9. The zero-order valence-electron chi connectivity index (χ0n) is 33.8. The van der Waals surface area contributed by atoms with E-state index in [1.807, 2.05) is 6.08 Å². The van der Waals surface area contributed by atoms with Crippen molar-refractivity contribution >= 4 is 5.91 Å². The lowest BCUT2D eigenvalue weighted by atomic mass is 9.99. The van der Waals surface area contributed by atoms with Crippen LogP contribution in [0, 0.1) is 0 Å². The average molecular weight is 752 g/mol. The van der Waals surface area contributed by atoms with Gasteiger partial charge < -0.3 is 40.3 Å². The largest absolute Gasteiger partial charge is 0.394 e. The van der Waals surface area contributed by atoms with Crippen molar-refractivity contribution in [3.8, 4) is 0 Å². The van der Waals surface area contributed by atoms with Crippen molar-refractivity contribution in [1.82, 2.24) is 5.32 Å². The van der Waals surface area contributed by atoms with Crippen LogP contribution >= 0.6 is 0 Å². The van der Waals surface area contributed by atoms with Crippen molar-refractivity contribution < 1.29 is 39.8 Å². The van der Waals surface area contributed by atoms with E-state index in [2.05, 4.69) is 43.5 Å². The highest BCUT2D eigenvalue weighted by Gasteiger charge is 2.44. The van der Waals surface area contributed by atoms with Gasteiger partial charge in [-0.05, 0) is 44.9 Å². The lowest BCUT2D eigenvalue weighted by molar-refractivity contribution is -0.302. The number of allylic oxidation sites excluding steroid dienone is 5. The molecule has 9 heteroatoms. The zero-order valence-corrected chi connectivity index (χ0v) is 33.8. The van der Waals surface area contributed by atoms with Crippen molar-refractivity contribution in [2.75, 3.05) is 13.2 Å². The van der Waals surface area contributed by atoms with Gasteiger partial charge in [0.2, 0.25) is 5.91 Å². The number of ether oxygens (including phenoxy) is 2. The van der Waals surface area contributed by atoms with E-state index < -0.39 is 49.5 Å². The van der Waals surface area contributed by atoms with Gasteiger partial charge in [0.25, 0.3) is 0 Å². The first-order chi connectivity index (χ1) is 25.8. The number of aliphatic hydroxyl groups excluding tert-OH is 5. The minimum absolute atomic E-state index is 0.191. The van der Waals surface area contributed by atoms with Crippen LogP contribution in [0.5, 0.6) is 0 Å². The third kappa shape index (κ3) is 26.0. The molecule has 0 radical (unpaired) electrons. The molecule has 7 unspecified atom stereocenters. The number of aliphatic hydroxyl groups is 5. The lowest BCUT2D eigenvalue weighted by Gasteiger charge is -2.40. The first kappa shape index (κ1) is 49.4. The number of carbonyl (C=O) groups is 1. The summed E-state index contributed by atoms with van der Waals surface area (Å²) in [5, 5.41) is 54.1. The van der Waals surface area contributed by atoms with Crippen molar-refractivity contribution in [2.45, 2.75) is 224 Å². The Bertz CT molecular complexity index is 925. The summed E-state index contributed by atoms with van der Waals surface area (Å²) in [6.07, 6.45) is 34.6. The molecule has 1 rings (SSSR count). The summed E-state index contributed by atoms with van der Waals surface area (Å²) in [5.74, 6) is -0.191. The standard InChI is InChI=1S/C44H81NO8/c1-3-5-7-9-11-13-15-17-19-21-23-25-27-29-31-33-38(47)37(36-52-44-43(51)42(50)41(49)39(35-46)53-44)45-40(48)34-32-30-28-26-24-22-20-18-16-14-12-10-8-6-4-2/h12,14,16,18,31,33,37-39,41-44,46-47,49-51H,3-11,13,15,17,19-30,32,34-36H2,1-2H3,(H,45,48)/b14-12-,18-16-,33-31+. The van der Waals surface area contributed by atoms with Gasteiger partial charge in [-0.25, -0.2) is 0 Å². The Balaban J connectivity index is 2.41. The summed E-state index contributed by atoms with van der Waals surface area (Å²) in [5.41, 5.74) is 0. The molecule has 0 aromatic rings. The number of amides is 1. The fourth-order valence-corrected chi connectivity index (χ4v) is 6.67. The van der Waals surface area contributed by atoms with Crippen molar-refractivity contribution in [3.05, 3.63) is 36.5 Å². The smallest absolute Gasteiger partial charge is 0.220 e. The molecule has 9 nitrogen and oxygen atoms in total. The maximum atomic E-state index is 12.9. The highest BCUT2D eigenvalue weighted by Crippen LogP contribution is 2.22. The first-order valence-electron chi connectivity index (χ1n) is 21.7. The van der Waals surface area contributed by atoms with E-state index in [1.165, 1.54) is 103 Å². The summed E-state index contributed by atoms with van der Waals surface area (Å²) >= 11 is 0. The molecule has 53 heavy (non-hydrogen) atoms. The molecule has 1 aliphatic rings. The maximum absolute atomic E-state index is 12.9. The minimum atomic E-state index is -1.57. The molecule has 0 bridgehead atoms. The average Bonchev–Trinajstić information content (AvgIpc) is 3.16. The topological polar surface area (TPSA) is 149 Å². The molecule has 7 atom stereocenters. The molecule has 6 N–H and O–H groups in total. The van der Waals surface area contributed by atoms with Gasteiger partial charge in [-0.2, -0.15) is 0 Å². The molecular weight excluding hydrogens is 670 g/mol. The number of nitrogens with one attached hydrogen (secondary N) is 1. The van der Waals surface area contributed by atoms with Crippen LogP contribution in [0.15, 0.2) is 36.5 Å². The van der Waals surface area contributed by atoms with Crippen LogP contribution in [0.25, 0.3) is 0 Å². The predicted molar refractivity (Wildman–Crippen MR) is 216 cm³/mol. The number of carbonyl (C=O) groups excluding carboxylic acids is 1. The Morgan fingerprint density at radius 3 is 1.62 bits per heavy atom. The molecule has 0 aliphatic carbocycles. The molecule has 0 saturated carbocycles. The molecule has 0 aromatic heterocycles. The van der Waals surface area contributed by atoms with E-state index in [1.54, 1.807) is 6.08 Å². The summed E-state index contributed by atoms with van der Waals surface area (Å²) in [4.78, 5) is 12.9. The Labute approximate surface area is 323 Å². The van der Waals surface area contributed by atoms with Crippen molar-refractivity contribution in [1.29, 1.82) is 0 Å². The van der Waals surface area contributed by atoms with Gasteiger partial charge in [-0.15, -0.1) is 0 Å². The highest BCUT2D eigenvalue weighted by atomic mass is 16.7. The molecule has 1 heterocycles. The Morgan fingerprint density at radius 1 is 0.642 bits per heavy atom.